The predicted molar refractivity (Wildman–Crippen MR) is 92.7 cm³/mol. The molecule has 0 bridgehead atoms. The van der Waals surface area contributed by atoms with Crippen molar-refractivity contribution in [1.82, 2.24) is 5.32 Å². The quantitative estimate of drug-likeness (QED) is 0.608. The fourth-order valence-electron chi connectivity index (χ4n) is 1.88. The first-order valence-electron chi connectivity index (χ1n) is 6.71. The second-order valence-corrected chi connectivity index (χ2v) is 6.42. The van der Waals surface area contributed by atoms with Crippen LogP contribution in [0.15, 0.2) is 40.9 Å². The van der Waals surface area contributed by atoms with Gasteiger partial charge in [0, 0.05) is 26.6 Å². The van der Waals surface area contributed by atoms with Crippen LogP contribution < -0.4 is 10.1 Å². The summed E-state index contributed by atoms with van der Waals surface area (Å²) in [4.78, 5) is 0. The van der Waals surface area contributed by atoms with Gasteiger partial charge in [-0.25, -0.2) is 0 Å². The molecule has 0 saturated heterocycles. The molecule has 0 aliphatic heterocycles. The fraction of sp³-hybridized carbons (Fsp3) is 0.250. The highest BCUT2D eigenvalue weighted by molar-refractivity contribution is 9.10. The van der Waals surface area contributed by atoms with Crippen molar-refractivity contribution in [3.8, 4) is 11.5 Å². The molecular weight excluding hydrogens is 373 g/mol. The van der Waals surface area contributed by atoms with Gasteiger partial charge in [0.05, 0.1) is 0 Å². The van der Waals surface area contributed by atoms with Crippen LogP contribution in [-0.4, -0.2) is 6.54 Å². The summed E-state index contributed by atoms with van der Waals surface area (Å²) >= 11 is 15.5. The Kier molecular flexibility index (Phi) is 6.37. The lowest BCUT2D eigenvalue weighted by atomic mass is 10.2. The van der Waals surface area contributed by atoms with Crippen LogP contribution in [0.2, 0.25) is 10.0 Å². The van der Waals surface area contributed by atoms with E-state index < -0.39 is 0 Å². The third-order valence-corrected chi connectivity index (χ3v) is 3.77. The largest absolute Gasteiger partial charge is 0.457 e. The summed E-state index contributed by atoms with van der Waals surface area (Å²) in [5.74, 6) is 1.41. The van der Waals surface area contributed by atoms with Crippen molar-refractivity contribution in [3.63, 3.8) is 0 Å². The van der Waals surface area contributed by atoms with Gasteiger partial charge in [0.2, 0.25) is 0 Å². The van der Waals surface area contributed by atoms with E-state index in [1.54, 1.807) is 18.2 Å². The molecule has 0 amide bonds. The van der Waals surface area contributed by atoms with Gasteiger partial charge in [-0.2, -0.15) is 0 Å². The topological polar surface area (TPSA) is 21.3 Å². The van der Waals surface area contributed by atoms with Gasteiger partial charge in [0.1, 0.15) is 11.5 Å². The molecule has 2 aromatic rings. The van der Waals surface area contributed by atoms with Crippen molar-refractivity contribution < 1.29 is 4.74 Å². The summed E-state index contributed by atoms with van der Waals surface area (Å²) in [5.41, 5.74) is 1.09. The van der Waals surface area contributed by atoms with E-state index in [1.807, 2.05) is 18.2 Å². The van der Waals surface area contributed by atoms with Gasteiger partial charge in [-0.1, -0.05) is 52.1 Å². The maximum absolute atomic E-state index is 6.00. The summed E-state index contributed by atoms with van der Waals surface area (Å²) < 4.78 is 6.91. The molecular formula is C16H16BrCl2NO. The standard InChI is InChI=1S/C16H16BrCl2NO/c1-2-5-20-10-11-3-4-12(17)6-16(11)21-15-8-13(18)7-14(19)9-15/h3-4,6-9,20H,2,5,10H2,1H3. The molecule has 0 heterocycles. The van der Waals surface area contributed by atoms with Crippen molar-refractivity contribution in [1.29, 1.82) is 0 Å². The zero-order valence-electron chi connectivity index (χ0n) is 11.6. The van der Waals surface area contributed by atoms with Gasteiger partial charge in [-0.3, -0.25) is 0 Å². The highest BCUT2D eigenvalue weighted by Crippen LogP contribution is 2.32. The van der Waals surface area contributed by atoms with Gasteiger partial charge in [0.15, 0.2) is 0 Å². The highest BCUT2D eigenvalue weighted by Gasteiger charge is 2.07. The van der Waals surface area contributed by atoms with Crippen LogP contribution in [0.4, 0.5) is 0 Å². The lowest BCUT2D eigenvalue weighted by Crippen LogP contribution is -2.14. The first kappa shape index (κ1) is 16.6. The van der Waals surface area contributed by atoms with Crippen LogP contribution in [0.3, 0.4) is 0 Å². The summed E-state index contributed by atoms with van der Waals surface area (Å²) in [6, 6.07) is 11.2. The van der Waals surface area contributed by atoms with Crippen LogP contribution in [0.25, 0.3) is 0 Å². The molecule has 0 aliphatic rings. The molecule has 0 spiro atoms. The van der Waals surface area contributed by atoms with Gasteiger partial charge >= 0.3 is 0 Å². The van der Waals surface area contributed by atoms with Crippen molar-refractivity contribution in [3.05, 3.63) is 56.5 Å². The Morgan fingerprint density at radius 3 is 2.48 bits per heavy atom. The molecule has 21 heavy (non-hydrogen) atoms. The number of benzene rings is 2. The molecule has 0 fully saturated rings. The van der Waals surface area contributed by atoms with Crippen LogP contribution >= 0.6 is 39.1 Å². The third kappa shape index (κ3) is 5.19. The molecule has 0 aliphatic carbocycles. The second kappa shape index (κ2) is 8.04. The van der Waals surface area contributed by atoms with Gasteiger partial charge in [0.25, 0.3) is 0 Å². The summed E-state index contributed by atoms with van der Waals surface area (Å²) in [6.07, 6.45) is 1.09. The molecule has 0 saturated carbocycles. The average Bonchev–Trinajstić information content (AvgIpc) is 2.40. The molecule has 5 heteroatoms. The first-order chi connectivity index (χ1) is 10.1. The van der Waals surface area contributed by atoms with E-state index in [9.17, 15) is 0 Å². The minimum atomic E-state index is 0.554. The van der Waals surface area contributed by atoms with Gasteiger partial charge in [-0.05, 0) is 43.3 Å². The molecule has 0 aromatic heterocycles. The summed E-state index contributed by atoms with van der Waals surface area (Å²) in [6.45, 7) is 3.86. The number of hydrogen-bond acceptors (Lipinski definition) is 2. The maximum atomic E-state index is 6.00. The normalized spacial score (nSPS) is 10.7. The molecule has 2 aromatic carbocycles. The Hall–Kier alpha value is -0.740. The Morgan fingerprint density at radius 1 is 1.10 bits per heavy atom. The molecule has 112 valence electrons. The minimum Gasteiger partial charge on any atom is -0.457 e. The predicted octanol–water partition coefficient (Wildman–Crippen LogP) is 6.05. The first-order valence-corrected chi connectivity index (χ1v) is 8.26. The average molecular weight is 389 g/mol. The number of ether oxygens (including phenoxy) is 1. The van der Waals surface area contributed by atoms with Crippen molar-refractivity contribution in [2.24, 2.45) is 0 Å². The van der Waals surface area contributed by atoms with Gasteiger partial charge in [-0.15, -0.1) is 0 Å². The monoisotopic (exact) mass is 387 g/mol. The SMILES string of the molecule is CCCNCc1ccc(Br)cc1Oc1cc(Cl)cc(Cl)c1. The van der Waals surface area contributed by atoms with E-state index in [1.165, 1.54) is 0 Å². The number of rotatable bonds is 6. The fourth-order valence-corrected chi connectivity index (χ4v) is 2.73. The van der Waals surface area contributed by atoms with Gasteiger partial charge < -0.3 is 10.1 Å². The molecule has 0 unspecified atom stereocenters. The molecule has 1 N–H and O–H groups in total. The maximum Gasteiger partial charge on any atom is 0.133 e. The van der Waals surface area contributed by atoms with E-state index in [-0.39, 0.29) is 0 Å². The Labute approximate surface area is 143 Å². The smallest absolute Gasteiger partial charge is 0.133 e. The number of halogens is 3. The molecule has 0 radical (unpaired) electrons. The third-order valence-electron chi connectivity index (χ3n) is 2.84. The summed E-state index contributed by atoms with van der Waals surface area (Å²) in [5, 5.41) is 4.48. The molecule has 2 rings (SSSR count). The Morgan fingerprint density at radius 2 is 1.81 bits per heavy atom. The van der Waals surface area contributed by atoms with E-state index in [4.69, 9.17) is 27.9 Å². The van der Waals surface area contributed by atoms with Crippen LogP contribution in [0.5, 0.6) is 11.5 Å². The van der Waals surface area contributed by atoms with Crippen molar-refractivity contribution in [2.75, 3.05) is 6.54 Å². The van der Waals surface area contributed by atoms with Crippen molar-refractivity contribution in [2.45, 2.75) is 19.9 Å². The van der Waals surface area contributed by atoms with Crippen LogP contribution in [0.1, 0.15) is 18.9 Å². The lowest BCUT2D eigenvalue weighted by molar-refractivity contribution is 0.472. The molecule has 2 nitrogen and oxygen atoms in total. The highest BCUT2D eigenvalue weighted by atomic mass is 79.9. The Bertz CT molecular complexity index is 599. The van der Waals surface area contributed by atoms with E-state index in [0.29, 0.717) is 15.8 Å². The number of hydrogen-bond donors (Lipinski definition) is 1. The lowest BCUT2D eigenvalue weighted by Gasteiger charge is -2.13. The zero-order chi connectivity index (χ0) is 15.2. The summed E-state index contributed by atoms with van der Waals surface area (Å²) in [7, 11) is 0. The minimum absolute atomic E-state index is 0.554. The van der Waals surface area contributed by atoms with E-state index >= 15 is 0 Å². The van der Waals surface area contributed by atoms with E-state index in [0.717, 1.165) is 35.3 Å². The second-order valence-electron chi connectivity index (χ2n) is 4.64. The van der Waals surface area contributed by atoms with E-state index in [2.05, 4.69) is 28.2 Å². The zero-order valence-corrected chi connectivity index (χ0v) is 14.7. The van der Waals surface area contributed by atoms with Crippen LogP contribution in [-0.2, 0) is 6.54 Å². The Balaban J connectivity index is 2.22. The van der Waals surface area contributed by atoms with Crippen LogP contribution in [0, 0.1) is 0 Å². The molecule has 0 atom stereocenters. The number of nitrogens with one attached hydrogen (secondary N) is 1. The van der Waals surface area contributed by atoms with Crippen molar-refractivity contribution >= 4 is 39.1 Å².